The summed E-state index contributed by atoms with van der Waals surface area (Å²) < 4.78 is 0. The minimum atomic E-state index is 0.0137. The van der Waals surface area contributed by atoms with E-state index < -0.39 is 0 Å². The number of thiophene rings is 1. The van der Waals surface area contributed by atoms with Crippen molar-refractivity contribution >= 4 is 23.2 Å². The fourth-order valence-electron chi connectivity index (χ4n) is 5.32. The first-order chi connectivity index (χ1) is 14.2. The summed E-state index contributed by atoms with van der Waals surface area (Å²) in [5, 5.41) is 2.21. The Hall–Kier alpha value is -2.21. The smallest absolute Gasteiger partial charge is 0.272 e. The largest absolute Gasteiger partial charge is 0.337 e. The number of nitrogens with zero attached hydrogens (tertiary/aromatic N) is 3. The van der Waals surface area contributed by atoms with Gasteiger partial charge in [-0.2, -0.15) is 0 Å². The SMILES string of the molecule is O=C(c1ccccn1)N1CC[C@H]2[C@H](CCCN2C(=O)c2scc3c2CCCC3)C1. The monoisotopic (exact) mass is 409 g/mol. The molecule has 0 unspecified atom stereocenters. The zero-order valence-electron chi connectivity index (χ0n) is 16.7. The van der Waals surface area contributed by atoms with Crippen LogP contribution in [0.4, 0.5) is 0 Å². The molecule has 2 aromatic heterocycles. The van der Waals surface area contributed by atoms with Gasteiger partial charge < -0.3 is 9.80 Å². The molecule has 0 spiro atoms. The third kappa shape index (κ3) is 3.48. The molecule has 0 radical (unpaired) electrons. The van der Waals surface area contributed by atoms with Crippen LogP contribution >= 0.6 is 11.3 Å². The summed E-state index contributed by atoms with van der Waals surface area (Å²) in [7, 11) is 0. The quantitative estimate of drug-likeness (QED) is 0.758. The van der Waals surface area contributed by atoms with Crippen molar-refractivity contribution in [2.75, 3.05) is 19.6 Å². The molecule has 5 rings (SSSR count). The summed E-state index contributed by atoms with van der Waals surface area (Å²) in [6.45, 7) is 2.27. The van der Waals surface area contributed by atoms with Gasteiger partial charge in [0.05, 0.1) is 4.88 Å². The number of carbonyl (C=O) groups excluding carboxylic acids is 2. The summed E-state index contributed by atoms with van der Waals surface area (Å²) in [5.74, 6) is 0.613. The van der Waals surface area contributed by atoms with Gasteiger partial charge in [0.2, 0.25) is 0 Å². The van der Waals surface area contributed by atoms with Crippen LogP contribution in [0.2, 0.25) is 0 Å². The van der Waals surface area contributed by atoms with E-state index in [1.807, 2.05) is 17.0 Å². The van der Waals surface area contributed by atoms with Crippen LogP contribution in [0.15, 0.2) is 29.8 Å². The Bertz CT molecular complexity index is 910. The topological polar surface area (TPSA) is 53.5 Å². The maximum atomic E-state index is 13.5. The Morgan fingerprint density at radius 1 is 1.03 bits per heavy atom. The van der Waals surface area contributed by atoms with E-state index in [0.29, 0.717) is 18.2 Å². The molecule has 4 heterocycles. The van der Waals surface area contributed by atoms with Crippen LogP contribution in [0, 0.1) is 5.92 Å². The number of fused-ring (bicyclic) bond motifs is 2. The van der Waals surface area contributed by atoms with Crippen molar-refractivity contribution in [2.24, 2.45) is 5.92 Å². The number of aryl methyl sites for hydroxylation is 1. The van der Waals surface area contributed by atoms with Crippen molar-refractivity contribution in [3.63, 3.8) is 0 Å². The zero-order valence-corrected chi connectivity index (χ0v) is 17.5. The number of amides is 2. The number of likely N-dealkylation sites (tertiary alicyclic amines) is 2. The van der Waals surface area contributed by atoms with Crippen LogP contribution in [0.25, 0.3) is 0 Å². The van der Waals surface area contributed by atoms with Gasteiger partial charge in [-0.05, 0) is 79.5 Å². The molecule has 6 heteroatoms. The van der Waals surface area contributed by atoms with Gasteiger partial charge in [-0.3, -0.25) is 14.6 Å². The molecule has 2 aliphatic heterocycles. The average Bonchev–Trinajstić information content (AvgIpc) is 3.22. The molecule has 2 saturated heterocycles. The number of aromatic nitrogens is 1. The summed E-state index contributed by atoms with van der Waals surface area (Å²) in [5.41, 5.74) is 3.23. The molecular weight excluding hydrogens is 382 g/mol. The molecule has 29 heavy (non-hydrogen) atoms. The van der Waals surface area contributed by atoms with E-state index in [-0.39, 0.29) is 17.9 Å². The van der Waals surface area contributed by atoms with E-state index in [2.05, 4.69) is 15.3 Å². The molecule has 2 aromatic rings. The lowest BCUT2D eigenvalue weighted by atomic mass is 9.83. The Labute approximate surface area is 175 Å². The zero-order chi connectivity index (χ0) is 19.8. The van der Waals surface area contributed by atoms with Gasteiger partial charge in [0.1, 0.15) is 5.69 Å². The first-order valence-corrected chi connectivity index (χ1v) is 11.7. The molecule has 3 aliphatic rings. The second kappa shape index (κ2) is 7.90. The minimum Gasteiger partial charge on any atom is -0.337 e. The van der Waals surface area contributed by atoms with E-state index >= 15 is 0 Å². The van der Waals surface area contributed by atoms with Crippen molar-refractivity contribution in [3.05, 3.63) is 51.5 Å². The molecule has 0 N–H and O–H groups in total. The van der Waals surface area contributed by atoms with Crippen LogP contribution in [-0.2, 0) is 12.8 Å². The fraction of sp³-hybridized carbons (Fsp3) is 0.522. The first-order valence-electron chi connectivity index (χ1n) is 10.8. The number of carbonyl (C=O) groups is 2. The highest BCUT2D eigenvalue weighted by Crippen LogP contribution is 2.35. The molecule has 2 atom stereocenters. The van der Waals surface area contributed by atoms with Crippen LogP contribution in [0.5, 0.6) is 0 Å². The average molecular weight is 410 g/mol. The van der Waals surface area contributed by atoms with Crippen LogP contribution < -0.4 is 0 Å². The van der Waals surface area contributed by atoms with Crippen molar-refractivity contribution in [1.29, 1.82) is 0 Å². The van der Waals surface area contributed by atoms with Gasteiger partial charge in [0, 0.05) is 31.9 Å². The molecule has 1 aliphatic carbocycles. The maximum Gasteiger partial charge on any atom is 0.272 e. The third-order valence-electron chi connectivity index (χ3n) is 6.80. The van der Waals surface area contributed by atoms with E-state index in [1.165, 1.54) is 24.0 Å². The third-order valence-corrected chi connectivity index (χ3v) is 7.86. The molecule has 0 bridgehead atoms. The Morgan fingerprint density at radius 3 is 2.79 bits per heavy atom. The van der Waals surface area contributed by atoms with Gasteiger partial charge in [-0.1, -0.05) is 6.07 Å². The first kappa shape index (κ1) is 18.8. The normalized spacial score (nSPS) is 24.0. The molecule has 152 valence electrons. The van der Waals surface area contributed by atoms with Crippen molar-refractivity contribution in [3.8, 4) is 0 Å². The van der Waals surface area contributed by atoms with Crippen molar-refractivity contribution in [2.45, 2.75) is 51.0 Å². The number of pyridine rings is 1. The van der Waals surface area contributed by atoms with E-state index in [9.17, 15) is 9.59 Å². The molecule has 0 aromatic carbocycles. The lowest BCUT2D eigenvalue weighted by Crippen LogP contribution is -2.56. The van der Waals surface area contributed by atoms with E-state index in [1.54, 1.807) is 23.6 Å². The molecule has 0 saturated carbocycles. The van der Waals surface area contributed by atoms with Crippen LogP contribution in [-0.4, -0.2) is 52.3 Å². The van der Waals surface area contributed by atoms with Gasteiger partial charge in [-0.15, -0.1) is 11.3 Å². The predicted molar refractivity (Wildman–Crippen MR) is 113 cm³/mol. The summed E-state index contributed by atoms with van der Waals surface area (Å²) >= 11 is 1.65. The highest BCUT2D eigenvalue weighted by molar-refractivity contribution is 7.12. The van der Waals surface area contributed by atoms with Gasteiger partial charge in [-0.25, -0.2) is 0 Å². The van der Waals surface area contributed by atoms with Gasteiger partial charge >= 0.3 is 0 Å². The number of hydrogen-bond acceptors (Lipinski definition) is 4. The predicted octanol–water partition coefficient (Wildman–Crippen LogP) is 3.79. The Balaban J connectivity index is 1.32. The Kier molecular flexibility index (Phi) is 5.12. The lowest BCUT2D eigenvalue weighted by molar-refractivity contribution is 0.0198. The number of hydrogen-bond donors (Lipinski definition) is 0. The maximum absolute atomic E-state index is 13.5. The standard InChI is InChI=1S/C23H27N3O2S/c27-22(19-9-3-4-11-24-19)25-13-10-20-16(14-25)7-5-12-26(20)23(28)21-18-8-2-1-6-17(18)15-29-21/h3-4,9,11,15-16,20H,1-2,5-8,10,12-14H2/t16-,20+/m1/s1. The summed E-state index contributed by atoms with van der Waals surface area (Å²) in [6, 6.07) is 5.72. The summed E-state index contributed by atoms with van der Waals surface area (Å²) in [4.78, 5) is 35.6. The number of piperidine rings is 2. The van der Waals surface area contributed by atoms with Crippen LogP contribution in [0.1, 0.15) is 63.4 Å². The lowest BCUT2D eigenvalue weighted by Gasteiger charge is -2.47. The number of rotatable bonds is 2. The van der Waals surface area contributed by atoms with Crippen molar-refractivity contribution < 1.29 is 9.59 Å². The highest BCUT2D eigenvalue weighted by atomic mass is 32.1. The van der Waals surface area contributed by atoms with Gasteiger partial charge in [0.15, 0.2) is 0 Å². The molecule has 2 amide bonds. The molecular formula is C23H27N3O2S. The van der Waals surface area contributed by atoms with Gasteiger partial charge in [0.25, 0.3) is 11.8 Å². The second-order valence-electron chi connectivity index (χ2n) is 8.50. The summed E-state index contributed by atoms with van der Waals surface area (Å²) in [6.07, 6.45) is 9.25. The molecule has 2 fully saturated rings. The van der Waals surface area contributed by atoms with Crippen molar-refractivity contribution in [1.82, 2.24) is 14.8 Å². The van der Waals surface area contributed by atoms with E-state index in [4.69, 9.17) is 0 Å². The second-order valence-corrected chi connectivity index (χ2v) is 9.38. The minimum absolute atomic E-state index is 0.0137. The highest BCUT2D eigenvalue weighted by Gasteiger charge is 2.40. The van der Waals surface area contributed by atoms with Crippen LogP contribution in [0.3, 0.4) is 0 Å². The van der Waals surface area contributed by atoms with E-state index in [0.717, 1.165) is 50.1 Å². The molecule has 5 nitrogen and oxygen atoms in total. The fourth-order valence-corrected chi connectivity index (χ4v) is 6.43. The Morgan fingerprint density at radius 2 is 1.93 bits per heavy atom.